The second-order valence-electron chi connectivity index (χ2n) is 7.01. The van der Waals surface area contributed by atoms with Gasteiger partial charge in [-0.25, -0.2) is 0 Å². The van der Waals surface area contributed by atoms with Crippen LogP contribution in [0.1, 0.15) is 39.4 Å². The molecule has 4 heteroatoms. The van der Waals surface area contributed by atoms with E-state index in [4.69, 9.17) is 0 Å². The number of piperidine rings is 1. The number of benzene rings is 1. The van der Waals surface area contributed by atoms with Gasteiger partial charge in [0.15, 0.2) is 0 Å². The standard InChI is InChI=1S/C21H28N2OS/c1-17-12-13-20(25-17)21(24)22(2)19-11-7-15-23(16-19)14-6-10-18-8-4-3-5-9-18/h3-5,8-9,12-13,19H,6-7,10-11,14-16H2,1-2H3/t19-/m0/s1. The number of nitrogens with zero attached hydrogens (tertiary/aromatic N) is 2. The van der Waals surface area contributed by atoms with Crippen molar-refractivity contribution < 1.29 is 4.79 Å². The summed E-state index contributed by atoms with van der Waals surface area (Å²) in [6.07, 6.45) is 4.60. The molecule has 0 unspecified atom stereocenters. The summed E-state index contributed by atoms with van der Waals surface area (Å²) in [6, 6.07) is 15.0. The van der Waals surface area contributed by atoms with E-state index in [9.17, 15) is 4.79 Å². The van der Waals surface area contributed by atoms with Gasteiger partial charge in [0.05, 0.1) is 4.88 Å². The molecule has 0 saturated carbocycles. The largest absolute Gasteiger partial charge is 0.337 e. The molecular weight excluding hydrogens is 328 g/mol. The van der Waals surface area contributed by atoms with Crippen LogP contribution >= 0.6 is 11.3 Å². The first-order valence-electron chi connectivity index (χ1n) is 9.23. The maximum Gasteiger partial charge on any atom is 0.263 e. The molecule has 2 aromatic rings. The molecule has 1 atom stereocenters. The van der Waals surface area contributed by atoms with Gasteiger partial charge in [-0.05, 0) is 63.4 Å². The third-order valence-corrected chi connectivity index (χ3v) is 6.07. The number of likely N-dealkylation sites (tertiary alicyclic amines) is 1. The first-order valence-corrected chi connectivity index (χ1v) is 10.0. The van der Waals surface area contributed by atoms with Gasteiger partial charge in [-0.15, -0.1) is 11.3 Å². The molecule has 3 nitrogen and oxygen atoms in total. The summed E-state index contributed by atoms with van der Waals surface area (Å²) in [5.74, 6) is 0.175. The van der Waals surface area contributed by atoms with Gasteiger partial charge in [-0.2, -0.15) is 0 Å². The molecule has 1 aliphatic heterocycles. The molecule has 1 fully saturated rings. The van der Waals surface area contributed by atoms with Gasteiger partial charge < -0.3 is 9.80 Å². The van der Waals surface area contributed by atoms with Crippen LogP contribution in [0.2, 0.25) is 0 Å². The number of hydrogen-bond donors (Lipinski definition) is 0. The van der Waals surface area contributed by atoms with Crippen LogP contribution in [-0.2, 0) is 6.42 Å². The lowest BCUT2D eigenvalue weighted by Crippen LogP contribution is -2.48. The van der Waals surface area contributed by atoms with Gasteiger partial charge in [0, 0.05) is 24.5 Å². The molecule has 1 amide bonds. The van der Waals surface area contributed by atoms with E-state index in [-0.39, 0.29) is 5.91 Å². The monoisotopic (exact) mass is 356 g/mol. The number of hydrogen-bond acceptors (Lipinski definition) is 3. The van der Waals surface area contributed by atoms with Crippen molar-refractivity contribution in [3.05, 3.63) is 57.8 Å². The predicted octanol–water partition coefficient (Wildman–Crippen LogP) is 4.23. The summed E-state index contributed by atoms with van der Waals surface area (Å²) in [7, 11) is 1.97. The zero-order chi connectivity index (χ0) is 17.6. The summed E-state index contributed by atoms with van der Waals surface area (Å²) in [5, 5.41) is 0. The fourth-order valence-electron chi connectivity index (χ4n) is 3.59. The van der Waals surface area contributed by atoms with Crippen LogP contribution in [0.15, 0.2) is 42.5 Å². The summed E-state index contributed by atoms with van der Waals surface area (Å²) in [5.41, 5.74) is 1.41. The molecule has 0 N–H and O–H groups in total. The Bertz CT molecular complexity index is 682. The van der Waals surface area contributed by atoms with Crippen molar-refractivity contribution in [1.29, 1.82) is 0 Å². The SMILES string of the molecule is Cc1ccc(C(=O)N(C)[C@H]2CCCN(CCCc3ccccc3)C2)s1. The van der Waals surface area contributed by atoms with Crippen molar-refractivity contribution in [3.8, 4) is 0 Å². The van der Waals surface area contributed by atoms with Crippen LogP contribution in [0.25, 0.3) is 0 Å². The lowest BCUT2D eigenvalue weighted by molar-refractivity contribution is 0.0621. The minimum absolute atomic E-state index is 0.175. The number of carbonyl (C=O) groups excluding carboxylic acids is 1. The van der Waals surface area contributed by atoms with Gasteiger partial charge in [0.25, 0.3) is 5.91 Å². The molecule has 25 heavy (non-hydrogen) atoms. The number of aryl methyl sites for hydroxylation is 2. The average Bonchev–Trinajstić information content (AvgIpc) is 3.08. The Labute approximate surface area is 155 Å². The molecule has 0 aliphatic carbocycles. The van der Waals surface area contributed by atoms with Crippen molar-refractivity contribution in [3.63, 3.8) is 0 Å². The highest BCUT2D eigenvalue weighted by atomic mass is 32.1. The molecule has 1 aromatic heterocycles. The molecule has 1 aromatic carbocycles. The van der Waals surface area contributed by atoms with E-state index in [1.807, 2.05) is 24.1 Å². The Morgan fingerprint density at radius 3 is 2.76 bits per heavy atom. The van der Waals surface area contributed by atoms with E-state index >= 15 is 0 Å². The Morgan fingerprint density at radius 2 is 2.04 bits per heavy atom. The Hall–Kier alpha value is -1.65. The van der Waals surface area contributed by atoms with Gasteiger partial charge in [0.2, 0.25) is 0 Å². The van der Waals surface area contributed by atoms with Crippen LogP contribution in [-0.4, -0.2) is 48.4 Å². The van der Waals surface area contributed by atoms with Crippen LogP contribution in [0.3, 0.4) is 0 Å². The quantitative estimate of drug-likeness (QED) is 0.773. The maximum atomic E-state index is 12.7. The summed E-state index contributed by atoms with van der Waals surface area (Å²) in [4.78, 5) is 19.2. The van der Waals surface area contributed by atoms with Crippen LogP contribution < -0.4 is 0 Å². The second kappa shape index (κ2) is 8.63. The first kappa shape index (κ1) is 18.2. The van der Waals surface area contributed by atoms with Gasteiger partial charge >= 0.3 is 0 Å². The van der Waals surface area contributed by atoms with Crippen LogP contribution in [0.5, 0.6) is 0 Å². The normalized spacial score (nSPS) is 18.2. The third-order valence-electron chi connectivity index (χ3n) is 5.08. The maximum absolute atomic E-state index is 12.7. The number of thiophene rings is 1. The number of amides is 1. The summed E-state index contributed by atoms with van der Waals surface area (Å²) < 4.78 is 0. The number of likely N-dealkylation sites (N-methyl/N-ethyl adjacent to an activating group) is 1. The van der Waals surface area contributed by atoms with E-state index in [0.717, 1.165) is 37.4 Å². The van der Waals surface area contributed by atoms with E-state index in [2.05, 4.69) is 42.2 Å². The molecular formula is C21H28N2OS. The molecule has 0 radical (unpaired) electrons. The molecule has 0 spiro atoms. The highest BCUT2D eigenvalue weighted by molar-refractivity contribution is 7.13. The minimum Gasteiger partial charge on any atom is -0.337 e. The number of rotatable bonds is 6. The van der Waals surface area contributed by atoms with Crippen LogP contribution in [0, 0.1) is 6.92 Å². The third kappa shape index (κ3) is 4.93. The fourth-order valence-corrected chi connectivity index (χ4v) is 4.44. The van der Waals surface area contributed by atoms with Crippen molar-refractivity contribution in [2.45, 2.75) is 38.6 Å². The van der Waals surface area contributed by atoms with E-state index < -0.39 is 0 Å². The van der Waals surface area contributed by atoms with Crippen molar-refractivity contribution in [2.75, 3.05) is 26.7 Å². The topological polar surface area (TPSA) is 23.6 Å². The Balaban J connectivity index is 1.49. The highest BCUT2D eigenvalue weighted by Crippen LogP contribution is 2.21. The van der Waals surface area contributed by atoms with E-state index in [1.165, 1.54) is 23.3 Å². The summed E-state index contributed by atoms with van der Waals surface area (Å²) in [6.45, 7) is 5.33. The highest BCUT2D eigenvalue weighted by Gasteiger charge is 2.27. The smallest absolute Gasteiger partial charge is 0.263 e. The summed E-state index contributed by atoms with van der Waals surface area (Å²) >= 11 is 1.60. The van der Waals surface area contributed by atoms with Crippen molar-refractivity contribution in [2.24, 2.45) is 0 Å². The average molecular weight is 357 g/mol. The predicted molar refractivity (Wildman–Crippen MR) is 105 cm³/mol. The van der Waals surface area contributed by atoms with Crippen molar-refractivity contribution >= 4 is 17.2 Å². The molecule has 2 heterocycles. The number of carbonyl (C=O) groups is 1. The molecule has 1 aliphatic rings. The van der Waals surface area contributed by atoms with Gasteiger partial charge in [-0.3, -0.25) is 4.79 Å². The van der Waals surface area contributed by atoms with Crippen molar-refractivity contribution in [1.82, 2.24) is 9.80 Å². The molecule has 3 rings (SSSR count). The van der Waals surface area contributed by atoms with E-state index in [0.29, 0.717) is 6.04 Å². The zero-order valence-electron chi connectivity index (χ0n) is 15.3. The first-order chi connectivity index (χ1) is 12.1. The molecule has 134 valence electrons. The minimum atomic E-state index is 0.175. The van der Waals surface area contributed by atoms with Gasteiger partial charge in [-0.1, -0.05) is 30.3 Å². The van der Waals surface area contributed by atoms with E-state index in [1.54, 1.807) is 11.3 Å². The van der Waals surface area contributed by atoms with Gasteiger partial charge in [0.1, 0.15) is 0 Å². The second-order valence-corrected chi connectivity index (χ2v) is 8.30. The Morgan fingerprint density at radius 1 is 1.24 bits per heavy atom. The zero-order valence-corrected chi connectivity index (χ0v) is 16.1. The fraction of sp³-hybridized carbons (Fsp3) is 0.476. The molecule has 1 saturated heterocycles. The lowest BCUT2D eigenvalue weighted by atomic mass is 10.0. The Kier molecular flexibility index (Phi) is 6.27. The molecule has 0 bridgehead atoms. The van der Waals surface area contributed by atoms with Crippen LogP contribution in [0.4, 0.5) is 0 Å². The lowest BCUT2D eigenvalue weighted by Gasteiger charge is -2.37.